The van der Waals surface area contributed by atoms with Gasteiger partial charge in [-0.2, -0.15) is 0 Å². The van der Waals surface area contributed by atoms with E-state index in [0.29, 0.717) is 5.75 Å². The van der Waals surface area contributed by atoms with Gasteiger partial charge in [-0.15, -0.1) is 0 Å². The molecule has 0 atom stereocenters. The Bertz CT molecular complexity index is 431. The van der Waals surface area contributed by atoms with Crippen LogP contribution in [0, 0.1) is 0 Å². The lowest BCUT2D eigenvalue weighted by molar-refractivity contribution is 0.0675. The second-order valence-electron chi connectivity index (χ2n) is 3.07. The van der Waals surface area contributed by atoms with Gasteiger partial charge in [-0.25, -0.2) is 8.78 Å². The van der Waals surface area contributed by atoms with E-state index in [1.54, 1.807) is 0 Å². The summed E-state index contributed by atoms with van der Waals surface area (Å²) >= 11 is 0. The van der Waals surface area contributed by atoms with Crippen LogP contribution in [-0.4, -0.2) is 26.1 Å². The number of carbonyl (C=O) groups is 1. The van der Waals surface area contributed by atoms with Crippen LogP contribution in [0.3, 0.4) is 0 Å². The number of hydrogen-bond donors (Lipinski definition) is 0. The normalized spacial score (nSPS) is 13.0. The number of hydrogen-bond acceptors (Lipinski definition) is 4. The van der Waals surface area contributed by atoms with Crippen molar-refractivity contribution in [1.29, 1.82) is 0 Å². The standard InChI is InChI=1S/C10H8F2O4/c1-14-6-3-8-7(15-4-16-8)2-5(6)9(13)10(11)12/h2-3,10H,4H2,1H3. The third-order valence-electron chi connectivity index (χ3n) is 2.16. The number of benzene rings is 1. The van der Waals surface area contributed by atoms with Crippen LogP contribution in [0.5, 0.6) is 17.2 Å². The summed E-state index contributed by atoms with van der Waals surface area (Å²) in [6.45, 7) is 0.00477. The number of alkyl halides is 2. The van der Waals surface area contributed by atoms with E-state index < -0.39 is 12.2 Å². The first-order valence-electron chi connectivity index (χ1n) is 4.43. The fourth-order valence-corrected chi connectivity index (χ4v) is 1.40. The average molecular weight is 230 g/mol. The molecule has 1 aromatic rings. The van der Waals surface area contributed by atoms with Crippen LogP contribution in [0.4, 0.5) is 8.78 Å². The molecule has 0 saturated carbocycles. The van der Waals surface area contributed by atoms with Gasteiger partial charge < -0.3 is 14.2 Å². The highest BCUT2D eigenvalue weighted by Gasteiger charge is 2.26. The lowest BCUT2D eigenvalue weighted by atomic mass is 10.1. The van der Waals surface area contributed by atoms with Crippen molar-refractivity contribution in [2.75, 3.05) is 13.9 Å². The molecule has 0 radical (unpaired) electrons. The zero-order valence-electron chi connectivity index (χ0n) is 8.33. The summed E-state index contributed by atoms with van der Waals surface area (Å²) in [6.07, 6.45) is -3.07. The average Bonchev–Trinajstić information content (AvgIpc) is 2.72. The van der Waals surface area contributed by atoms with Gasteiger partial charge >= 0.3 is 6.43 Å². The van der Waals surface area contributed by atoms with Crippen molar-refractivity contribution in [2.24, 2.45) is 0 Å². The van der Waals surface area contributed by atoms with Gasteiger partial charge in [-0.05, 0) is 6.07 Å². The number of ketones is 1. The zero-order chi connectivity index (χ0) is 11.7. The number of methoxy groups -OCH3 is 1. The van der Waals surface area contributed by atoms with E-state index in [1.165, 1.54) is 19.2 Å². The molecule has 0 bridgehead atoms. The van der Waals surface area contributed by atoms with Gasteiger partial charge in [0, 0.05) is 6.07 Å². The molecule has 16 heavy (non-hydrogen) atoms. The Hall–Kier alpha value is -1.85. The first-order chi connectivity index (χ1) is 7.63. The van der Waals surface area contributed by atoms with Gasteiger partial charge in [0.2, 0.25) is 12.6 Å². The second-order valence-corrected chi connectivity index (χ2v) is 3.07. The number of Topliss-reactive ketones (excluding diaryl/α,β-unsaturated/α-hetero) is 1. The molecular weight excluding hydrogens is 222 g/mol. The van der Waals surface area contributed by atoms with Gasteiger partial charge in [0.15, 0.2) is 11.5 Å². The highest BCUT2D eigenvalue weighted by atomic mass is 19.3. The summed E-state index contributed by atoms with van der Waals surface area (Å²) in [4.78, 5) is 11.2. The van der Waals surface area contributed by atoms with Gasteiger partial charge in [0.1, 0.15) is 5.75 Å². The molecule has 1 aromatic carbocycles. The van der Waals surface area contributed by atoms with Crippen LogP contribution in [0.15, 0.2) is 12.1 Å². The fraction of sp³-hybridized carbons (Fsp3) is 0.300. The molecule has 0 fully saturated rings. The number of halogens is 2. The van der Waals surface area contributed by atoms with Crippen LogP contribution in [-0.2, 0) is 0 Å². The van der Waals surface area contributed by atoms with Gasteiger partial charge in [-0.3, -0.25) is 4.79 Å². The van der Waals surface area contributed by atoms with Gasteiger partial charge in [0.25, 0.3) is 0 Å². The molecule has 1 heterocycles. The third kappa shape index (κ3) is 1.66. The number of carbonyl (C=O) groups excluding carboxylic acids is 1. The maximum Gasteiger partial charge on any atom is 0.300 e. The molecule has 86 valence electrons. The predicted octanol–water partition coefficient (Wildman–Crippen LogP) is 1.87. The van der Waals surface area contributed by atoms with Crippen molar-refractivity contribution in [3.8, 4) is 17.2 Å². The largest absolute Gasteiger partial charge is 0.496 e. The fourth-order valence-electron chi connectivity index (χ4n) is 1.40. The summed E-state index contributed by atoms with van der Waals surface area (Å²) in [5.41, 5.74) is -0.207. The van der Waals surface area contributed by atoms with E-state index in [0.717, 1.165) is 0 Å². The van der Waals surface area contributed by atoms with Gasteiger partial charge in [0.05, 0.1) is 12.7 Å². The van der Waals surface area contributed by atoms with E-state index in [9.17, 15) is 13.6 Å². The quantitative estimate of drug-likeness (QED) is 0.743. The molecule has 0 amide bonds. The molecular formula is C10H8F2O4. The topological polar surface area (TPSA) is 44.8 Å². The third-order valence-corrected chi connectivity index (χ3v) is 2.16. The number of rotatable bonds is 3. The molecule has 1 aliphatic heterocycles. The van der Waals surface area contributed by atoms with Crippen molar-refractivity contribution in [2.45, 2.75) is 6.43 Å². The van der Waals surface area contributed by atoms with Crippen LogP contribution in [0.25, 0.3) is 0 Å². The van der Waals surface area contributed by atoms with Crippen molar-refractivity contribution in [1.82, 2.24) is 0 Å². The lowest BCUT2D eigenvalue weighted by Gasteiger charge is -2.08. The predicted molar refractivity (Wildman–Crippen MR) is 49.5 cm³/mol. The summed E-state index contributed by atoms with van der Waals surface area (Å²) in [7, 11) is 1.29. The highest BCUT2D eigenvalue weighted by Crippen LogP contribution is 2.38. The molecule has 0 aliphatic carbocycles. The van der Waals surface area contributed by atoms with E-state index in [2.05, 4.69) is 0 Å². The Morgan fingerprint density at radius 1 is 1.38 bits per heavy atom. The SMILES string of the molecule is COc1cc2c(cc1C(=O)C(F)F)OCO2. The Balaban J connectivity index is 2.47. The minimum atomic E-state index is -3.07. The van der Waals surface area contributed by atoms with E-state index in [1.807, 2.05) is 0 Å². The summed E-state index contributed by atoms with van der Waals surface area (Å²) in [6, 6.07) is 2.56. The van der Waals surface area contributed by atoms with Crippen molar-refractivity contribution in [3.63, 3.8) is 0 Å². The van der Waals surface area contributed by atoms with Crippen molar-refractivity contribution >= 4 is 5.78 Å². The molecule has 2 rings (SSSR count). The Labute approximate surface area is 89.7 Å². The summed E-state index contributed by atoms with van der Waals surface area (Å²) < 4.78 is 39.5. The van der Waals surface area contributed by atoms with Crippen LogP contribution >= 0.6 is 0 Å². The van der Waals surface area contributed by atoms with Gasteiger partial charge in [-0.1, -0.05) is 0 Å². The molecule has 0 aromatic heterocycles. The lowest BCUT2D eigenvalue weighted by Crippen LogP contribution is -2.11. The van der Waals surface area contributed by atoms with Crippen molar-refractivity contribution < 1.29 is 27.8 Å². The van der Waals surface area contributed by atoms with Crippen molar-refractivity contribution in [3.05, 3.63) is 17.7 Å². The molecule has 0 saturated heterocycles. The first kappa shape index (κ1) is 10.7. The Morgan fingerprint density at radius 2 is 2.00 bits per heavy atom. The highest BCUT2D eigenvalue weighted by molar-refractivity contribution is 6.01. The first-order valence-corrected chi connectivity index (χ1v) is 4.43. The van der Waals surface area contributed by atoms with Crippen LogP contribution in [0.2, 0.25) is 0 Å². The second kappa shape index (κ2) is 3.96. The van der Waals surface area contributed by atoms with Crippen LogP contribution < -0.4 is 14.2 Å². The molecule has 0 N–H and O–H groups in total. The monoisotopic (exact) mass is 230 g/mol. The molecule has 0 spiro atoms. The summed E-state index contributed by atoms with van der Waals surface area (Å²) in [5, 5.41) is 0. The Kier molecular flexibility index (Phi) is 2.64. The number of fused-ring (bicyclic) bond motifs is 1. The van der Waals surface area contributed by atoms with Crippen LogP contribution in [0.1, 0.15) is 10.4 Å². The molecule has 0 unspecified atom stereocenters. The van der Waals surface area contributed by atoms with E-state index >= 15 is 0 Å². The summed E-state index contributed by atoms with van der Waals surface area (Å²) in [5.74, 6) is -0.600. The Morgan fingerprint density at radius 3 is 2.56 bits per heavy atom. The minimum Gasteiger partial charge on any atom is -0.496 e. The van der Waals surface area contributed by atoms with E-state index in [-0.39, 0.29) is 23.9 Å². The molecule has 4 nitrogen and oxygen atoms in total. The minimum absolute atomic E-state index is 0.00477. The zero-order valence-corrected chi connectivity index (χ0v) is 8.33. The van der Waals surface area contributed by atoms with E-state index in [4.69, 9.17) is 14.2 Å². The maximum atomic E-state index is 12.3. The maximum absolute atomic E-state index is 12.3. The smallest absolute Gasteiger partial charge is 0.300 e. The number of ether oxygens (including phenoxy) is 3. The molecule has 1 aliphatic rings. The molecule has 6 heteroatoms.